The Hall–Kier alpha value is -1.43. The lowest BCUT2D eigenvalue weighted by molar-refractivity contribution is -0.130. The van der Waals surface area contributed by atoms with Gasteiger partial charge in [-0.15, -0.1) is 0 Å². The van der Waals surface area contributed by atoms with Gasteiger partial charge in [0, 0.05) is 25.4 Å². The Morgan fingerprint density at radius 2 is 2.15 bits per heavy atom. The summed E-state index contributed by atoms with van der Waals surface area (Å²) in [5.74, 6) is 0.758. The summed E-state index contributed by atoms with van der Waals surface area (Å²) in [5.41, 5.74) is 7.32. The lowest BCUT2D eigenvalue weighted by Gasteiger charge is -2.34. The van der Waals surface area contributed by atoms with Crippen molar-refractivity contribution in [1.82, 2.24) is 0 Å². The summed E-state index contributed by atoms with van der Waals surface area (Å²) < 4.78 is 11.5. The Balaban J connectivity index is 1.57. The zero-order chi connectivity index (χ0) is 18.4. The Morgan fingerprint density at radius 1 is 1.35 bits per heavy atom. The first-order valence-electron chi connectivity index (χ1n) is 9.91. The Labute approximate surface area is 156 Å². The molecule has 2 unspecified atom stereocenters. The van der Waals surface area contributed by atoms with Gasteiger partial charge in [0.05, 0.1) is 18.1 Å². The summed E-state index contributed by atoms with van der Waals surface area (Å²) in [4.78, 5) is 12.8. The van der Waals surface area contributed by atoms with Crippen LogP contribution in [0, 0.1) is 11.3 Å². The molecule has 26 heavy (non-hydrogen) atoms. The first-order valence-corrected chi connectivity index (χ1v) is 9.91. The molecule has 0 bridgehead atoms. The molecule has 3 rings (SSSR count). The van der Waals surface area contributed by atoms with E-state index < -0.39 is 5.41 Å². The number of carbonyl (C=O) groups is 1. The summed E-state index contributed by atoms with van der Waals surface area (Å²) in [6, 6.07) is 7.95. The van der Waals surface area contributed by atoms with Crippen LogP contribution in [-0.4, -0.2) is 31.8 Å². The molecule has 5 nitrogen and oxygen atoms in total. The minimum Gasteiger partial charge on any atom is -0.381 e. The van der Waals surface area contributed by atoms with Crippen molar-refractivity contribution in [2.75, 3.05) is 25.1 Å². The fourth-order valence-corrected chi connectivity index (χ4v) is 4.03. The molecule has 3 N–H and O–H groups in total. The zero-order valence-corrected chi connectivity index (χ0v) is 15.8. The van der Waals surface area contributed by atoms with Gasteiger partial charge in [-0.1, -0.05) is 31.9 Å². The number of hydrogen-bond donors (Lipinski definition) is 2. The third kappa shape index (κ3) is 4.84. The van der Waals surface area contributed by atoms with Crippen LogP contribution in [0.3, 0.4) is 0 Å². The molecule has 1 aromatic carbocycles. The van der Waals surface area contributed by atoms with E-state index in [1.54, 1.807) is 0 Å². The molecule has 2 aliphatic rings. The van der Waals surface area contributed by atoms with Gasteiger partial charge >= 0.3 is 0 Å². The number of amides is 1. The molecule has 1 heterocycles. The summed E-state index contributed by atoms with van der Waals surface area (Å²) in [7, 11) is 0. The number of nitrogens with two attached hydrogens (primary N) is 1. The van der Waals surface area contributed by atoms with Crippen LogP contribution in [0.25, 0.3) is 0 Å². The van der Waals surface area contributed by atoms with Gasteiger partial charge in [-0.05, 0) is 49.3 Å². The van der Waals surface area contributed by atoms with Crippen LogP contribution in [0.2, 0.25) is 0 Å². The maximum absolute atomic E-state index is 12.8. The molecule has 2 fully saturated rings. The van der Waals surface area contributed by atoms with E-state index in [-0.39, 0.29) is 5.91 Å². The summed E-state index contributed by atoms with van der Waals surface area (Å²) in [6.07, 6.45) is 6.59. The van der Waals surface area contributed by atoms with Crippen molar-refractivity contribution in [1.29, 1.82) is 0 Å². The van der Waals surface area contributed by atoms with E-state index in [1.165, 1.54) is 12.8 Å². The van der Waals surface area contributed by atoms with E-state index in [0.717, 1.165) is 30.0 Å². The second-order valence-electron chi connectivity index (χ2n) is 7.96. The minimum absolute atomic E-state index is 0.00229. The molecule has 144 valence electrons. The van der Waals surface area contributed by atoms with Crippen molar-refractivity contribution >= 4 is 11.6 Å². The molecule has 1 aromatic rings. The molecule has 2 atom stereocenters. The normalized spacial score (nSPS) is 25.6. The monoisotopic (exact) mass is 360 g/mol. The van der Waals surface area contributed by atoms with Crippen molar-refractivity contribution in [2.24, 2.45) is 17.1 Å². The number of nitrogens with one attached hydrogen (secondary N) is 1. The fourth-order valence-electron chi connectivity index (χ4n) is 4.03. The molecule has 0 aromatic heterocycles. The summed E-state index contributed by atoms with van der Waals surface area (Å²) in [5, 5.41) is 3.06. The highest BCUT2D eigenvalue weighted by Crippen LogP contribution is 2.31. The van der Waals surface area contributed by atoms with Crippen LogP contribution < -0.4 is 11.1 Å². The smallest absolute Gasteiger partial charge is 0.232 e. The van der Waals surface area contributed by atoms with Crippen LogP contribution >= 0.6 is 0 Å². The summed E-state index contributed by atoms with van der Waals surface area (Å²) >= 11 is 0. The maximum atomic E-state index is 12.8. The third-order valence-electron chi connectivity index (χ3n) is 5.88. The molecule has 1 amide bonds. The largest absolute Gasteiger partial charge is 0.381 e. The van der Waals surface area contributed by atoms with Gasteiger partial charge in [0.2, 0.25) is 5.91 Å². The Bertz CT molecular complexity index is 599. The van der Waals surface area contributed by atoms with Gasteiger partial charge in [0.15, 0.2) is 0 Å². The molecule has 0 radical (unpaired) electrons. The number of rotatable bonds is 6. The second-order valence-corrected chi connectivity index (χ2v) is 7.96. The average Bonchev–Trinajstić information content (AvgIpc) is 2.67. The van der Waals surface area contributed by atoms with Crippen molar-refractivity contribution in [3.63, 3.8) is 0 Å². The highest BCUT2D eigenvalue weighted by atomic mass is 16.5. The van der Waals surface area contributed by atoms with E-state index in [2.05, 4.69) is 18.3 Å². The van der Waals surface area contributed by atoms with Crippen molar-refractivity contribution in [3.8, 4) is 0 Å². The summed E-state index contributed by atoms with van der Waals surface area (Å²) in [6.45, 7) is 4.44. The highest BCUT2D eigenvalue weighted by molar-refractivity contribution is 5.95. The number of carbonyl (C=O) groups excluding carboxylic acids is 1. The van der Waals surface area contributed by atoms with Crippen molar-refractivity contribution in [3.05, 3.63) is 29.8 Å². The Morgan fingerprint density at radius 3 is 2.88 bits per heavy atom. The van der Waals surface area contributed by atoms with E-state index >= 15 is 0 Å². The lowest BCUT2D eigenvalue weighted by Crippen LogP contribution is -2.46. The van der Waals surface area contributed by atoms with Crippen LogP contribution in [0.5, 0.6) is 0 Å². The van der Waals surface area contributed by atoms with E-state index in [9.17, 15) is 4.79 Å². The molecule has 1 aliphatic carbocycles. The van der Waals surface area contributed by atoms with Gasteiger partial charge in [-0.3, -0.25) is 4.79 Å². The van der Waals surface area contributed by atoms with Gasteiger partial charge in [0.25, 0.3) is 0 Å². The highest BCUT2D eigenvalue weighted by Gasteiger charge is 2.38. The van der Waals surface area contributed by atoms with Crippen LogP contribution in [-0.2, 0) is 20.9 Å². The molecular formula is C21H32N2O3. The fraction of sp³-hybridized carbons (Fsp3) is 0.667. The van der Waals surface area contributed by atoms with E-state index in [4.69, 9.17) is 15.2 Å². The number of hydrogen-bond acceptors (Lipinski definition) is 4. The number of ether oxygens (including phenoxy) is 2. The second kappa shape index (κ2) is 8.98. The van der Waals surface area contributed by atoms with Gasteiger partial charge < -0.3 is 20.5 Å². The molecule has 0 spiro atoms. The van der Waals surface area contributed by atoms with Crippen LogP contribution in [0.4, 0.5) is 5.69 Å². The predicted octanol–water partition coefficient (Wildman–Crippen LogP) is 3.48. The molecule has 5 heteroatoms. The Kier molecular flexibility index (Phi) is 6.68. The quantitative estimate of drug-likeness (QED) is 0.815. The standard InChI is InChI=1S/C21H32N2O3/c1-16-4-2-7-19(12-16)26-14-17-5-3-6-18(13-17)23-20(24)21(15-22)8-10-25-11-9-21/h3,5-6,13,16,19H,2,4,7-12,14-15,22H2,1H3,(H,23,24). The van der Waals surface area contributed by atoms with E-state index in [0.29, 0.717) is 45.3 Å². The minimum atomic E-state index is -0.511. The van der Waals surface area contributed by atoms with Crippen molar-refractivity contribution < 1.29 is 14.3 Å². The van der Waals surface area contributed by atoms with Gasteiger partial charge in [-0.25, -0.2) is 0 Å². The number of anilines is 1. The van der Waals surface area contributed by atoms with Gasteiger partial charge in [0.1, 0.15) is 0 Å². The zero-order valence-electron chi connectivity index (χ0n) is 15.8. The number of benzene rings is 1. The van der Waals surface area contributed by atoms with Crippen molar-refractivity contribution in [2.45, 2.75) is 58.2 Å². The van der Waals surface area contributed by atoms with Crippen LogP contribution in [0.15, 0.2) is 24.3 Å². The SMILES string of the molecule is CC1CCCC(OCc2cccc(NC(=O)C3(CN)CCOCC3)c2)C1. The first-order chi connectivity index (χ1) is 12.6. The maximum Gasteiger partial charge on any atom is 0.232 e. The van der Waals surface area contributed by atoms with E-state index in [1.807, 2.05) is 18.2 Å². The third-order valence-corrected chi connectivity index (χ3v) is 5.88. The molecule has 1 saturated carbocycles. The molecule has 1 aliphatic heterocycles. The lowest BCUT2D eigenvalue weighted by atomic mass is 9.79. The topological polar surface area (TPSA) is 73.6 Å². The van der Waals surface area contributed by atoms with Gasteiger partial charge in [-0.2, -0.15) is 0 Å². The molecule has 1 saturated heterocycles. The molecular weight excluding hydrogens is 328 g/mol. The predicted molar refractivity (Wildman–Crippen MR) is 103 cm³/mol. The average molecular weight is 360 g/mol. The van der Waals surface area contributed by atoms with Crippen LogP contribution in [0.1, 0.15) is 51.0 Å². The first kappa shape index (κ1) is 19.3.